The van der Waals surface area contributed by atoms with Gasteiger partial charge in [-0.05, 0) is 19.9 Å². The first kappa shape index (κ1) is 19.6. The van der Waals surface area contributed by atoms with Crippen molar-refractivity contribution in [2.24, 2.45) is 5.92 Å². The van der Waals surface area contributed by atoms with E-state index in [1.54, 1.807) is 32.0 Å². The number of quaternary nitrogens is 1. The summed E-state index contributed by atoms with van der Waals surface area (Å²) in [7, 11) is 0. The molecule has 2 heterocycles. The van der Waals surface area contributed by atoms with Crippen LogP contribution in [0.4, 0.5) is 4.79 Å². The fraction of sp³-hybridized carbons (Fsp3) is 0.450. The van der Waals surface area contributed by atoms with Crippen LogP contribution in [0.25, 0.3) is 11.0 Å². The van der Waals surface area contributed by atoms with Gasteiger partial charge in [0.2, 0.25) is 0 Å². The second kappa shape index (κ2) is 6.80. The van der Waals surface area contributed by atoms with E-state index >= 15 is 0 Å². The summed E-state index contributed by atoms with van der Waals surface area (Å²) in [5.41, 5.74) is 0.963. The van der Waals surface area contributed by atoms with Crippen LogP contribution in [0.2, 0.25) is 0 Å². The van der Waals surface area contributed by atoms with E-state index in [2.05, 4.69) is 12.6 Å². The fourth-order valence-corrected chi connectivity index (χ4v) is 4.29. The third-order valence-electron chi connectivity index (χ3n) is 6.00. The molecule has 0 spiro atoms. The van der Waals surface area contributed by atoms with Crippen molar-refractivity contribution >= 4 is 41.4 Å². The van der Waals surface area contributed by atoms with Gasteiger partial charge in [-0.2, -0.15) is 21.9 Å². The molecule has 3 unspecified atom stereocenters. The number of hydrogen-bond donors (Lipinski definition) is 2. The molecule has 7 heteroatoms. The number of likely N-dealkylation sites (tertiary alicyclic amines) is 1. The molecule has 2 amide bonds. The van der Waals surface area contributed by atoms with Crippen LogP contribution in [0.1, 0.15) is 44.0 Å². The molecule has 0 aliphatic carbocycles. The normalized spacial score (nSPS) is 25.9. The summed E-state index contributed by atoms with van der Waals surface area (Å²) in [6, 6.07) is 6.81. The van der Waals surface area contributed by atoms with E-state index in [4.69, 9.17) is 4.42 Å². The molecule has 1 aliphatic rings. The van der Waals surface area contributed by atoms with Crippen molar-refractivity contribution < 1.29 is 28.4 Å². The monoisotopic (exact) mass is 390 g/mol. The highest BCUT2D eigenvalue weighted by Gasteiger charge is 2.60. The van der Waals surface area contributed by atoms with Crippen molar-refractivity contribution in [1.29, 1.82) is 0 Å². The van der Waals surface area contributed by atoms with Crippen LogP contribution >= 0.6 is 12.6 Å². The maximum Gasteiger partial charge on any atom is 0.521 e. The van der Waals surface area contributed by atoms with Crippen LogP contribution in [-0.2, 0) is 4.79 Å². The number of fused-ring (bicyclic) bond motifs is 1. The molecule has 3 rings (SSSR count). The molecule has 6 nitrogen and oxygen atoms in total. The Balaban J connectivity index is 1.97. The number of hydrogen-bond acceptors (Lipinski definition) is 5. The number of furan rings is 1. The van der Waals surface area contributed by atoms with Crippen molar-refractivity contribution in [3.8, 4) is 0 Å². The molecule has 4 atom stereocenters. The minimum atomic E-state index is -1.44. The number of carboxylic acid groups (broad SMARTS) is 1. The zero-order chi connectivity index (χ0) is 20.0. The number of Topliss-reactive ketones (excluding diaryl/α,β-unsaturated/α-hetero) is 1. The average molecular weight is 390 g/mol. The molecule has 0 bridgehead atoms. The van der Waals surface area contributed by atoms with E-state index in [9.17, 15) is 19.5 Å². The van der Waals surface area contributed by atoms with E-state index in [1.807, 2.05) is 6.07 Å². The summed E-state index contributed by atoms with van der Waals surface area (Å²) >= 11 is 4.53. The quantitative estimate of drug-likeness (QED) is 0.466. The smallest absolute Gasteiger partial charge is 0.464 e. The van der Waals surface area contributed by atoms with Gasteiger partial charge in [-0.3, -0.25) is 4.79 Å². The van der Waals surface area contributed by atoms with E-state index in [0.717, 1.165) is 0 Å². The summed E-state index contributed by atoms with van der Waals surface area (Å²) in [5, 5.41) is 10.5. The van der Waals surface area contributed by atoms with Crippen molar-refractivity contribution in [3.05, 3.63) is 36.1 Å². The molecular formula is C20H24NO5S+. The number of benzene rings is 1. The topological polar surface area (TPSA) is 84.6 Å². The Morgan fingerprint density at radius 1 is 1.33 bits per heavy atom. The lowest BCUT2D eigenvalue weighted by Crippen LogP contribution is -2.65. The number of amides is 2. The number of rotatable bonds is 4. The van der Waals surface area contributed by atoms with Gasteiger partial charge in [-0.15, -0.1) is 0 Å². The predicted molar refractivity (Wildman–Crippen MR) is 104 cm³/mol. The molecule has 1 aromatic carbocycles. The van der Waals surface area contributed by atoms with Gasteiger partial charge < -0.3 is 9.52 Å². The first-order chi connectivity index (χ1) is 12.6. The van der Waals surface area contributed by atoms with Gasteiger partial charge in [0.05, 0.1) is 12.1 Å². The summed E-state index contributed by atoms with van der Waals surface area (Å²) in [6.07, 6.45) is 1.50. The molecule has 2 aromatic rings. The highest BCUT2D eigenvalue weighted by molar-refractivity contribution is 7.82. The zero-order valence-electron chi connectivity index (χ0n) is 15.6. The van der Waals surface area contributed by atoms with Crippen LogP contribution in [0.5, 0.6) is 0 Å². The molecule has 27 heavy (non-hydrogen) atoms. The van der Waals surface area contributed by atoms with E-state index in [0.29, 0.717) is 29.4 Å². The van der Waals surface area contributed by atoms with Crippen molar-refractivity contribution in [2.45, 2.75) is 44.4 Å². The van der Waals surface area contributed by atoms with Gasteiger partial charge in [0, 0.05) is 24.1 Å². The predicted octanol–water partition coefficient (Wildman–Crippen LogP) is 4.14. The average Bonchev–Trinajstić information content (AvgIpc) is 3.23. The van der Waals surface area contributed by atoms with Crippen LogP contribution in [0.15, 0.2) is 34.9 Å². The van der Waals surface area contributed by atoms with Gasteiger partial charge in [0.25, 0.3) is 0 Å². The molecular weight excluding hydrogens is 366 g/mol. The minimum Gasteiger partial charge on any atom is -0.464 e. The third-order valence-corrected chi connectivity index (χ3v) is 6.58. The third kappa shape index (κ3) is 2.89. The second-order valence-electron chi connectivity index (χ2n) is 7.55. The van der Waals surface area contributed by atoms with Crippen molar-refractivity contribution in [1.82, 2.24) is 0 Å². The molecule has 0 radical (unpaired) electrons. The summed E-state index contributed by atoms with van der Waals surface area (Å²) < 4.78 is 3.32. The number of ketones is 1. The van der Waals surface area contributed by atoms with Crippen LogP contribution in [0.3, 0.4) is 0 Å². The maximum atomic E-state index is 13.4. The highest BCUT2D eigenvalue weighted by Crippen LogP contribution is 2.38. The van der Waals surface area contributed by atoms with Gasteiger partial charge >= 0.3 is 12.0 Å². The SMILES string of the molecule is CC(C(=O)c1coc2ccccc12)C(C)(S)C(=O)[N+]1(C(=O)O)CCC[C@H]1C. The second-order valence-corrected chi connectivity index (χ2v) is 8.48. The molecule has 144 valence electrons. The zero-order valence-corrected chi connectivity index (χ0v) is 16.5. The number of carbonyl (C=O) groups excluding carboxylic acids is 2. The minimum absolute atomic E-state index is 0.223. The highest BCUT2D eigenvalue weighted by atomic mass is 32.1. The molecule has 1 saturated heterocycles. The Kier molecular flexibility index (Phi) is 4.94. The number of carbonyl (C=O) groups is 3. The Morgan fingerprint density at radius 3 is 2.59 bits per heavy atom. The molecule has 1 fully saturated rings. The first-order valence-electron chi connectivity index (χ1n) is 9.03. The Bertz CT molecular complexity index is 918. The molecule has 0 saturated carbocycles. The first-order valence-corrected chi connectivity index (χ1v) is 9.47. The summed E-state index contributed by atoms with van der Waals surface area (Å²) in [6.45, 7) is 5.14. The maximum absolute atomic E-state index is 13.4. The number of imide groups is 1. The summed E-state index contributed by atoms with van der Waals surface area (Å²) in [5.74, 6) is -1.66. The Labute approximate surface area is 163 Å². The van der Waals surface area contributed by atoms with E-state index in [-0.39, 0.29) is 18.4 Å². The largest absolute Gasteiger partial charge is 0.521 e. The lowest BCUT2D eigenvalue weighted by molar-refractivity contribution is -0.793. The van der Waals surface area contributed by atoms with Crippen molar-refractivity contribution in [3.63, 3.8) is 0 Å². The van der Waals surface area contributed by atoms with E-state index in [1.165, 1.54) is 13.2 Å². The Hall–Kier alpha value is -2.12. The lowest BCUT2D eigenvalue weighted by atomic mass is 9.85. The Morgan fingerprint density at radius 2 is 2.00 bits per heavy atom. The molecule has 1 aliphatic heterocycles. The van der Waals surface area contributed by atoms with Gasteiger partial charge in [0.1, 0.15) is 22.6 Å². The van der Waals surface area contributed by atoms with Gasteiger partial charge in [-0.25, -0.2) is 4.79 Å². The van der Waals surface area contributed by atoms with Crippen LogP contribution < -0.4 is 0 Å². The summed E-state index contributed by atoms with van der Waals surface area (Å²) in [4.78, 5) is 38.5. The van der Waals surface area contributed by atoms with Gasteiger partial charge in [-0.1, -0.05) is 25.1 Å². The number of nitrogens with zero attached hydrogens (tertiary/aromatic N) is 1. The van der Waals surface area contributed by atoms with Crippen molar-refractivity contribution in [2.75, 3.05) is 6.54 Å². The molecule has 1 aromatic heterocycles. The molecule has 1 N–H and O–H groups in total. The van der Waals surface area contributed by atoms with Crippen LogP contribution in [0, 0.1) is 5.92 Å². The standard InChI is InChI=1S/C20H23NO5S/c1-12-7-6-10-21(12,19(24)25)18(23)20(3,27)13(2)17(22)15-11-26-16-9-5-4-8-14(15)16/h4-5,8-9,11-13H,6-7,10H2,1-3H3,(H-,24,25,27)/p+1/t12-,13?,20?,21?/m1/s1. The number of para-hydroxylation sites is 1. The lowest BCUT2D eigenvalue weighted by Gasteiger charge is -2.37. The van der Waals surface area contributed by atoms with E-state index < -0.39 is 27.1 Å². The van der Waals surface area contributed by atoms with Crippen LogP contribution in [-0.4, -0.2) is 44.7 Å². The fourth-order valence-electron chi connectivity index (χ4n) is 4.00. The van der Waals surface area contributed by atoms with Gasteiger partial charge in [0.15, 0.2) is 5.78 Å². The number of thiol groups is 1.